The number of carbonyl (C=O) groups excluding carboxylic acids is 1. The maximum absolute atomic E-state index is 13.2. The van der Waals surface area contributed by atoms with E-state index in [-0.39, 0.29) is 11.7 Å². The molecule has 3 rings (SSSR count). The normalized spacial score (nSPS) is 11.1. The Kier molecular flexibility index (Phi) is 3.76. The minimum absolute atomic E-state index is 0.240. The van der Waals surface area contributed by atoms with Crippen molar-refractivity contribution < 1.29 is 9.18 Å². The van der Waals surface area contributed by atoms with E-state index in [9.17, 15) is 9.18 Å². The minimum atomic E-state index is -0.277. The molecule has 0 N–H and O–H groups in total. The number of hydrogen-bond donors (Lipinski definition) is 0. The van der Waals surface area contributed by atoms with Gasteiger partial charge in [-0.2, -0.15) is 0 Å². The van der Waals surface area contributed by atoms with E-state index in [1.807, 2.05) is 24.3 Å². The first-order valence-electron chi connectivity index (χ1n) is 7.38. The average Bonchev–Trinajstić information content (AvgIpc) is 2.53. The Bertz CT molecular complexity index is 832. The van der Waals surface area contributed by atoms with Crippen LogP contribution in [-0.2, 0) is 0 Å². The van der Waals surface area contributed by atoms with Crippen LogP contribution in [0.4, 0.5) is 4.39 Å². The van der Waals surface area contributed by atoms with Crippen LogP contribution in [0.1, 0.15) is 35.7 Å². The molecule has 0 saturated carbocycles. The number of rotatable bonds is 3. The molecule has 0 spiro atoms. The molecule has 110 valence electrons. The third-order valence-electron chi connectivity index (χ3n) is 3.99. The van der Waals surface area contributed by atoms with E-state index in [1.54, 1.807) is 12.1 Å². The molecule has 0 fully saturated rings. The third kappa shape index (κ3) is 2.41. The van der Waals surface area contributed by atoms with E-state index in [0.29, 0.717) is 5.56 Å². The topological polar surface area (TPSA) is 17.1 Å². The number of hydrogen-bond acceptors (Lipinski definition) is 1. The lowest BCUT2D eigenvalue weighted by molar-refractivity contribution is 0.112. The SMILES string of the molecule is CC(C)c1cc2ccccc2c(-c2ccc(F)cc2)c1C=O. The standard InChI is InChI=1S/C20H17FO/c1-13(2)18-11-15-5-3-4-6-17(15)20(19(18)12-22)14-7-9-16(21)10-8-14/h3-13H,1-2H3. The van der Waals surface area contributed by atoms with Gasteiger partial charge in [-0.25, -0.2) is 4.39 Å². The summed E-state index contributed by atoms with van der Waals surface area (Å²) >= 11 is 0. The first-order valence-corrected chi connectivity index (χ1v) is 7.38. The number of aldehydes is 1. The third-order valence-corrected chi connectivity index (χ3v) is 3.99. The summed E-state index contributed by atoms with van der Waals surface area (Å²) in [6, 6.07) is 16.4. The van der Waals surface area contributed by atoms with Crippen molar-refractivity contribution in [3.8, 4) is 11.1 Å². The fraction of sp³-hybridized carbons (Fsp3) is 0.150. The molecule has 3 aromatic carbocycles. The monoisotopic (exact) mass is 292 g/mol. The summed E-state index contributed by atoms with van der Waals surface area (Å²) in [6.07, 6.45) is 0.917. The summed E-state index contributed by atoms with van der Waals surface area (Å²) < 4.78 is 13.2. The van der Waals surface area contributed by atoms with E-state index in [2.05, 4.69) is 19.9 Å². The maximum Gasteiger partial charge on any atom is 0.150 e. The molecule has 0 aliphatic carbocycles. The van der Waals surface area contributed by atoms with Crippen molar-refractivity contribution in [1.82, 2.24) is 0 Å². The van der Waals surface area contributed by atoms with Gasteiger partial charge in [-0.1, -0.05) is 56.3 Å². The maximum atomic E-state index is 13.2. The molecule has 0 heterocycles. The van der Waals surface area contributed by atoms with Crippen molar-refractivity contribution >= 4 is 17.1 Å². The Balaban J connectivity index is 2.43. The van der Waals surface area contributed by atoms with Crippen molar-refractivity contribution in [3.63, 3.8) is 0 Å². The molecular formula is C20H17FO. The van der Waals surface area contributed by atoms with Crippen LogP contribution in [0.25, 0.3) is 21.9 Å². The van der Waals surface area contributed by atoms with E-state index in [4.69, 9.17) is 0 Å². The van der Waals surface area contributed by atoms with Gasteiger partial charge < -0.3 is 0 Å². The van der Waals surface area contributed by atoms with Crippen molar-refractivity contribution in [2.75, 3.05) is 0 Å². The van der Waals surface area contributed by atoms with Crippen molar-refractivity contribution in [1.29, 1.82) is 0 Å². The van der Waals surface area contributed by atoms with Gasteiger partial charge in [0.25, 0.3) is 0 Å². The minimum Gasteiger partial charge on any atom is -0.298 e. The van der Waals surface area contributed by atoms with E-state index < -0.39 is 0 Å². The number of benzene rings is 3. The van der Waals surface area contributed by atoms with Gasteiger partial charge in [0.1, 0.15) is 5.82 Å². The Morgan fingerprint density at radius 3 is 2.32 bits per heavy atom. The van der Waals surface area contributed by atoms with Gasteiger partial charge in [0, 0.05) is 11.1 Å². The molecule has 0 unspecified atom stereocenters. The predicted octanol–water partition coefficient (Wildman–Crippen LogP) is 5.58. The lowest BCUT2D eigenvalue weighted by Gasteiger charge is -2.17. The lowest BCUT2D eigenvalue weighted by atomic mass is 9.86. The molecule has 0 amide bonds. The highest BCUT2D eigenvalue weighted by molar-refractivity contribution is 6.05. The van der Waals surface area contributed by atoms with Gasteiger partial charge in [0.15, 0.2) is 6.29 Å². The Labute approximate surface area is 129 Å². The predicted molar refractivity (Wildman–Crippen MR) is 88.8 cm³/mol. The van der Waals surface area contributed by atoms with Crippen LogP contribution in [0, 0.1) is 5.82 Å². The second-order valence-corrected chi connectivity index (χ2v) is 5.76. The van der Waals surface area contributed by atoms with Gasteiger partial charge >= 0.3 is 0 Å². The summed E-state index contributed by atoms with van der Waals surface area (Å²) in [7, 11) is 0. The van der Waals surface area contributed by atoms with Gasteiger partial charge in [0.05, 0.1) is 0 Å². The molecule has 22 heavy (non-hydrogen) atoms. The number of fused-ring (bicyclic) bond motifs is 1. The summed E-state index contributed by atoms with van der Waals surface area (Å²) in [5.74, 6) is -0.0373. The fourth-order valence-electron chi connectivity index (χ4n) is 2.92. The first kappa shape index (κ1) is 14.5. The van der Waals surface area contributed by atoms with Crippen molar-refractivity contribution in [2.45, 2.75) is 19.8 Å². The molecule has 0 aliphatic heterocycles. The highest BCUT2D eigenvalue weighted by Crippen LogP contribution is 2.36. The molecule has 0 saturated heterocycles. The molecule has 2 heteroatoms. The average molecular weight is 292 g/mol. The van der Waals surface area contributed by atoms with Crippen LogP contribution >= 0.6 is 0 Å². The molecular weight excluding hydrogens is 275 g/mol. The van der Waals surface area contributed by atoms with E-state index in [1.165, 1.54) is 12.1 Å². The zero-order valence-electron chi connectivity index (χ0n) is 12.6. The molecule has 3 aromatic rings. The van der Waals surface area contributed by atoms with Crippen molar-refractivity contribution in [2.24, 2.45) is 0 Å². The Morgan fingerprint density at radius 2 is 1.68 bits per heavy atom. The second kappa shape index (κ2) is 5.72. The number of halogens is 1. The van der Waals surface area contributed by atoms with Crippen LogP contribution in [0.3, 0.4) is 0 Å². The zero-order chi connectivity index (χ0) is 15.7. The van der Waals surface area contributed by atoms with Crippen molar-refractivity contribution in [3.05, 3.63) is 71.5 Å². The summed E-state index contributed by atoms with van der Waals surface area (Å²) in [6.45, 7) is 4.15. The van der Waals surface area contributed by atoms with Gasteiger partial charge in [0.2, 0.25) is 0 Å². The molecule has 0 atom stereocenters. The summed E-state index contributed by atoms with van der Waals surface area (Å²) in [5, 5.41) is 2.11. The highest BCUT2D eigenvalue weighted by atomic mass is 19.1. The van der Waals surface area contributed by atoms with Crippen LogP contribution in [-0.4, -0.2) is 6.29 Å². The highest BCUT2D eigenvalue weighted by Gasteiger charge is 2.16. The number of carbonyl (C=O) groups is 1. The van der Waals surface area contributed by atoms with E-state index >= 15 is 0 Å². The van der Waals surface area contributed by atoms with E-state index in [0.717, 1.165) is 33.7 Å². The Hall–Kier alpha value is -2.48. The Morgan fingerprint density at radius 1 is 1.00 bits per heavy atom. The molecule has 0 bridgehead atoms. The fourth-order valence-corrected chi connectivity index (χ4v) is 2.92. The quantitative estimate of drug-likeness (QED) is 0.576. The largest absolute Gasteiger partial charge is 0.298 e. The van der Waals surface area contributed by atoms with Crippen LogP contribution in [0.2, 0.25) is 0 Å². The summed E-state index contributed by atoms with van der Waals surface area (Å²) in [5.41, 5.74) is 3.47. The van der Waals surface area contributed by atoms with Crippen LogP contribution < -0.4 is 0 Å². The molecule has 0 aliphatic rings. The smallest absolute Gasteiger partial charge is 0.150 e. The first-order chi connectivity index (χ1) is 10.6. The summed E-state index contributed by atoms with van der Waals surface area (Å²) in [4.78, 5) is 11.8. The second-order valence-electron chi connectivity index (χ2n) is 5.76. The van der Waals surface area contributed by atoms with Crippen LogP contribution in [0.15, 0.2) is 54.6 Å². The van der Waals surface area contributed by atoms with Gasteiger partial charge in [-0.15, -0.1) is 0 Å². The molecule has 1 nitrogen and oxygen atoms in total. The van der Waals surface area contributed by atoms with Gasteiger partial charge in [-0.05, 0) is 39.9 Å². The molecule has 0 aromatic heterocycles. The van der Waals surface area contributed by atoms with Crippen LogP contribution in [0.5, 0.6) is 0 Å². The van der Waals surface area contributed by atoms with Gasteiger partial charge in [-0.3, -0.25) is 4.79 Å². The lowest BCUT2D eigenvalue weighted by Crippen LogP contribution is -2.00. The molecule has 0 radical (unpaired) electrons. The zero-order valence-corrected chi connectivity index (χ0v) is 12.6.